The van der Waals surface area contributed by atoms with Gasteiger partial charge in [-0.15, -0.1) is 11.3 Å². The quantitative estimate of drug-likeness (QED) is 0.385. The van der Waals surface area contributed by atoms with E-state index in [1.54, 1.807) is 24.6 Å². The monoisotopic (exact) mass is 491 g/mol. The molecule has 2 aromatic carbocycles. The fraction of sp³-hybridized carbons (Fsp3) is 0.280. The number of likely N-dealkylation sites (N-methyl/N-ethyl adjacent to an activating group) is 1. The van der Waals surface area contributed by atoms with Crippen molar-refractivity contribution in [3.63, 3.8) is 0 Å². The van der Waals surface area contributed by atoms with Crippen LogP contribution >= 0.6 is 11.3 Å². The number of hydrogen-bond donors (Lipinski definition) is 2. The number of aliphatic imine (C=N–C) groups is 1. The molecule has 2 atom stereocenters. The highest BCUT2D eigenvalue weighted by atomic mass is 32.1. The van der Waals surface area contributed by atoms with Crippen molar-refractivity contribution in [1.29, 1.82) is 0 Å². The third-order valence-electron chi connectivity index (χ3n) is 5.91. The van der Waals surface area contributed by atoms with Gasteiger partial charge in [0.1, 0.15) is 30.2 Å². The molecule has 5 rings (SSSR count). The van der Waals surface area contributed by atoms with E-state index in [0.717, 1.165) is 27.0 Å². The number of alkyl halides is 1. The lowest BCUT2D eigenvalue weighted by molar-refractivity contribution is 0.0544. The fourth-order valence-electron chi connectivity index (χ4n) is 4.39. The molecule has 0 aliphatic carbocycles. The number of nitrogens with one attached hydrogen (secondary N) is 1. The zero-order valence-corrected chi connectivity index (χ0v) is 20.3. The van der Waals surface area contributed by atoms with Gasteiger partial charge in [-0.25, -0.2) is 19.3 Å². The number of hydrogen-bond acceptors (Lipinski definition) is 9. The molecule has 180 valence electrons. The van der Waals surface area contributed by atoms with Crippen molar-refractivity contribution in [2.75, 3.05) is 32.5 Å². The zero-order chi connectivity index (χ0) is 24.4. The second-order valence-electron chi connectivity index (χ2n) is 8.55. The second kappa shape index (κ2) is 9.93. The number of ether oxygens (including phenoxy) is 1. The van der Waals surface area contributed by atoms with Gasteiger partial charge in [-0.05, 0) is 42.9 Å². The number of benzene rings is 2. The van der Waals surface area contributed by atoms with E-state index in [1.807, 2.05) is 47.8 Å². The molecule has 3 heterocycles. The Labute approximate surface area is 206 Å². The van der Waals surface area contributed by atoms with Crippen molar-refractivity contribution in [3.8, 4) is 5.75 Å². The van der Waals surface area contributed by atoms with Gasteiger partial charge in [0.15, 0.2) is 0 Å². The van der Waals surface area contributed by atoms with Gasteiger partial charge in [-0.3, -0.25) is 9.89 Å². The molecular formula is C25H26FN7OS. The van der Waals surface area contributed by atoms with Crippen LogP contribution in [0.15, 0.2) is 53.4 Å². The van der Waals surface area contributed by atoms with Crippen molar-refractivity contribution in [1.82, 2.24) is 19.9 Å². The summed E-state index contributed by atoms with van der Waals surface area (Å²) in [4.78, 5) is 19.4. The molecule has 1 fully saturated rings. The lowest BCUT2D eigenvalue weighted by Gasteiger charge is -2.32. The molecule has 8 nitrogen and oxygen atoms in total. The van der Waals surface area contributed by atoms with Crippen LogP contribution in [0.2, 0.25) is 0 Å². The molecular weight excluding hydrogens is 465 g/mol. The number of allylic oxidation sites excluding steroid dienone is 1. The Morgan fingerprint density at radius 1 is 1.23 bits per heavy atom. The van der Waals surface area contributed by atoms with Crippen molar-refractivity contribution < 1.29 is 9.13 Å². The van der Waals surface area contributed by atoms with Crippen LogP contribution in [0.1, 0.15) is 12.0 Å². The Morgan fingerprint density at radius 2 is 2.11 bits per heavy atom. The molecule has 1 aliphatic rings. The van der Waals surface area contributed by atoms with Gasteiger partial charge < -0.3 is 15.8 Å². The first kappa shape index (κ1) is 23.1. The van der Waals surface area contributed by atoms with Crippen LogP contribution in [0.4, 0.5) is 15.9 Å². The molecule has 0 radical (unpaired) electrons. The van der Waals surface area contributed by atoms with Crippen LogP contribution in [0.25, 0.3) is 26.7 Å². The number of halogens is 1. The first-order valence-corrected chi connectivity index (χ1v) is 12.1. The van der Waals surface area contributed by atoms with E-state index in [1.165, 1.54) is 12.5 Å². The number of thiazole rings is 1. The SMILES string of the molecule is CN=C/C(=C\N)c1cc(OC2CC(F)CN(C)C2)c2c(Nc3ccc4ncsc4c3)ncnc2c1. The molecule has 1 aliphatic heterocycles. The summed E-state index contributed by atoms with van der Waals surface area (Å²) >= 11 is 1.58. The smallest absolute Gasteiger partial charge is 0.145 e. The summed E-state index contributed by atoms with van der Waals surface area (Å²) in [5, 5.41) is 4.13. The van der Waals surface area contributed by atoms with E-state index >= 15 is 0 Å². The van der Waals surface area contributed by atoms with E-state index < -0.39 is 6.17 Å². The van der Waals surface area contributed by atoms with E-state index in [0.29, 0.717) is 42.0 Å². The standard InChI is InChI=1S/C25H26FN7OS/c1-28-10-16(9-27)15-5-21-24(22(6-15)34-19-7-17(26)11-33(2)12-19)25(30-13-29-21)32-18-3-4-20-23(8-18)35-14-31-20/h3-6,8-10,13-14,17,19H,7,11-12,27H2,1-2H3,(H,29,30,32)/b16-9+,28-10?. The maximum Gasteiger partial charge on any atom is 0.145 e. The average Bonchev–Trinajstić information content (AvgIpc) is 3.30. The first-order valence-electron chi connectivity index (χ1n) is 11.3. The summed E-state index contributed by atoms with van der Waals surface area (Å²) in [6.07, 6.45) is 3.75. The van der Waals surface area contributed by atoms with Crippen molar-refractivity contribution in [2.24, 2.45) is 10.7 Å². The van der Waals surface area contributed by atoms with E-state index in [-0.39, 0.29) is 6.10 Å². The van der Waals surface area contributed by atoms with E-state index in [4.69, 9.17) is 10.5 Å². The second-order valence-corrected chi connectivity index (χ2v) is 9.44. The highest BCUT2D eigenvalue weighted by Gasteiger charge is 2.27. The highest BCUT2D eigenvalue weighted by Crippen LogP contribution is 2.36. The van der Waals surface area contributed by atoms with Crippen LogP contribution in [0, 0.1) is 0 Å². The van der Waals surface area contributed by atoms with Gasteiger partial charge in [0.05, 0.1) is 26.6 Å². The average molecular weight is 492 g/mol. The summed E-state index contributed by atoms with van der Waals surface area (Å²) in [6.45, 7) is 1.03. The number of fused-ring (bicyclic) bond motifs is 2. The van der Waals surface area contributed by atoms with Crippen LogP contribution in [-0.4, -0.2) is 65.5 Å². The lowest BCUT2D eigenvalue weighted by atomic mass is 10.0. The highest BCUT2D eigenvalue weighted by molar-refractivity contribution is 7.16. The number of piperidine rings is 1. The minimum atomic E-state index is -0.945. The van der Waals surface area contributed by atoms with Gasteiger partial charge in [-0.2, -0.15) is 0 Å². The van der Waals surface area contributed by atoms with Crippen LogP contribution in [0.3, 0.4) is 0 Å². The van der Waals surface area contributed by atoms with Gasteiger partial charge in [0, 0.05) is 50.2 Å². The summed E-state index contributed by atoms with van der Waals surface area (Å²) < 4.78 is 21.8. The molecule has 1 saturated heterocycles. The third kappa shape index (κ3) is 4.94. The molecule has 2 aromatic heterocycles. The minimum absolute atomic E-state index is 0.311. The molecule has 35 heavy (non-hydrogen) atoms. The number of nitrogens with two attached hydrogens (primary N) is 1. The number of rotatable bonds is 6. The van der Waals surface area contributed by atoms with Gasteiger partial charge in [0.25, 0.3) is 0 Å². The molecule has 4 aromatic rings. The maximum absolute atomic E-state index is 14.3. The minimum Gasteiger partial charge on any atom is -0.488 e. The predicted octanol–water partition coefficient (Wildman–Crippen LogP) is 4.40. The van der Waals surface area contributed by atoms with Crippen LogP contribution < -0.4 is 15.8 Å². The molecule has 0 saturated carbocycles. The summed E-state index contributed by atoms with van der Waals surface area (Å²) in [7, 11) is 3.58. The summed E-state index contributed by atoms with van der Waals surface area (Å²) in [6, 6.07) is 9.78. The summed E-state index contributed by atoms with van der Waals surface area (Å²) in [5.41, 5.74) is 11.7. The fourth-order valence-corrected chi connectivity index (χ4v) is 5.11. The molecule has 0 amide bonds. The molecule has 2 unspecified atom stereocenters. The third-order valence-corrected chi connectivity index (χ3v) is 6.71. The summed E-state index contributed by atoms with van der Waals surface area (Å²) in [5.74, 6) is 1.17. The first-order chi connectivity index (χ1) is 17.0. The lowest BCUT2D eigenvalue weighted by Crippen LogP contribution is -2.44. The van der Waals surface area contributed by atoms with Crippen LogP contribution in [-0.2, 0) is 0 Å². The number of anilines is 2. The predicted molar refractivity (Wildman–Crippen MR) is 140 cm³/mol. The molecule has 10 heteroatoms. The number of aromatic nitrogens is 3. The Hall–Kier alpha value is -3.63. The molecule has 3 N–H and O–H groups in total. The van der Waals surface area contributed by atoms with E-state index in [9.17, 15) is 4.39 Å². The largest absolute Gasteiger partial charge is 0.488 e. The van der Waals surface area contributed by atoms with Crippen molar-refractivity contribution >= 4 is 55.7 Å². The Balaban J connectivity index is 1.60. The maximum atomic E-state index is 14.3. The van der Waals surface area contributed by atoms with E-state index in [2.05, 4.69) is 25.3 Å². The van der Waals surface area contributed by atoms with Crippen molar-refractivity contribution in [2.45, 2.75) is 18.7 Å². The Kier molecular flexibility index (Phi) is 6.56. The van der Waals surface area contributed by atoms with Gasteiger partial charge >= 0.3 is 0 Å². The molecule has 0 bridgehead atoms. The number of likely N-dealkylation sites (tertiary alicyclic amines) is 1. The normalized spacial score (nSPS) is 19.6. The van der Waals surface area contributed by atoms with Gasteiger partial charge in [0.2, 0.25) is 0 Å². The number of nitrogens with zero attached hydrogens (tertiary/aromatic N) is 5. The topological polar surface area (TPSA) is 102 Å². The Morgan fingerprint density at radius 3 is 2.91 bits per heavy atom. The van der Waals surface area contributed by atoms with Crippen molar-refractivity contribution in [3.05, 3.63) is 53.9 Å². The Bertz CT molecular complexity index is 1410. The zero-order valence-electron chi connectivity index (χ0n) is 19.5. The van der Waals surface area contributed by atoms with Gasteiger partial charge in [-0.1, -0.05) is 0 Å². The van der Waals surface area contributed by atoms with Crippen LogP contribution in [0.5, 0.6) is 5.75 Å². The molecule has 0 spiro atoms.